The van der Waals surface area contributed by atoms with E-state index < -0.39 is 5.97 Å². The first kappa shape index (κ1) is 15.1. The molecular formula is C14H15Cl2NO3. The number of carboxylic acid groups (broad SMARTS) is 1. The van der Waals surface area contributed by atoms with E-state index in [-0.39, 0.29) is 17.7 Å². The van der Waals surface area contributed by atoms with Gasteiger partial charge < -0.3 is 10.4 Å². The average molecular weight is 316 g/mol. The van der Waals surface area contributed by atoms with Crippen molar-refractivity contribution in [2.45, 2.75) is 25.7 Å². The fourth-order valence-electron chi connectivity index (χ4n) is 2.47. The number of aliphatic carboxylic acids is 1. The number of carbonyl (C=O) groups is 2. The Labute approximate surface area is 127 Å². The van der Waals surface area contributed by atoms with Crippen LogP contribution < -0.4 is 5.32 Å². The Morgan fingerprint density at radius 3 is 2.00 bits per heavy atom. The normalized spacial score (nSPS) is 22.3. The van der Waals surface area contributed by atoms with Crippen molar-refractivity contribution in [3.63, 3.8) is 0 Å². The number of amides is 1. The second kappa shape index (κ2) is 6.46. The van der Waals surface area contributed by atoms with E-state index in [0.717, 1.165) is 0 Å². The molecule has 0 bridgehead atoms. The zero-order chi connectivity index (χ0) is 14.7. The third kappa shape index (κ3) is 3.87. The molecule has 1 aliphatic carbocycles. The minimum absolute atomic E-state index is 0.104. The third-order valence-corrected chi connectivity index (χ3v) is 4.01. The van der Waals surface area contributed by atoms with Gasteiger partial charge in [0.1, 0.15) is 0 Å². The highest BCUT2D eigenvalue weighted by molar-refractivity contribution is 6.35. The van der Waals surface area contributed by atoms with Crippen LogP contribution in [-0.2, 0) is 9.59 Å². The van der Waals surface area contributed by atoms with E-state index in [1.54, 1.807) is 18.2 Å². The van der Waals surface area contributed by atoms with Crippen LogP contribution >= 0.6 is 23.2 Å². The lowest BCUT2D eigenvalue weighted by Crippen LogP contribution is -2.29. The standard InChI is InChI=1S/C14H15Cl2NO3/c15-10-5-11(16)7-12(6-10)17-13(18)8-1-3-9(4-2-8)14(19)20/h5-9H,1-4H2,(H,17,18)(H,19,20). The maximum atomic E-state index is 12.1. The van der Waals surface area contributed by atoms with Crippen molar-refractivity contribution in [1.29, 1.82) is 0 Å². The molecule has 6 heteroatoms. The van der Waals surface area contributed by atoms with Crippen LogP contribution in [0.4, 0.5) is 5.69 Å². The quantitative estimate of drug-likeness (QED) is 0.891. The molecule has 0 aliphatic heterocycles. The van der Waals surface area contributed by atoms with E-state index in [4.69, 9.17) is 28.3 Å². The second-order valence-corrected chi connectivity index (χ2v) is 5.91. The number of carboxylic acids is 1. The molecule has 1 saturated carbocycles. The first-order valence-corrected chi connectivity index (χ1v) is 7.21. The molecule has 0 unspecified atom stereocenters. The summed E-state index contributed by atoms with van der Waals surface area (Å²) < 4.78 is 0. The number of carbonyl (C=O) groups excluding carboxylic acids is 1. The molecule has 1 fully saturated rings. The lowest BCUT2D eigenvalue weighted by Gasteiger charge is -2.25. The van der Waals surface area contributed by atoms with Gasteiger partial charge in [-0.3, -0.25) is 9.59 Å². The molecule has 0 atom stereocenters. The Morgan fingerprint density at radius 2 is 1.50 bits per heavy atom. The maximum absolute atomic E-state index is 12.1. The molecule has 1 aromatic rings. The van der Waals surface area contributed by atoms with Gasteiger partial charge >= 0.3 is 5.97 Å². The summed E-state index contributed by atoms with van der Waals surface area (Å²) in [5, 5.41) is 12.6. The summed E-state index contributed by atoms with van der Waals surface area (Å²) in [5.74, 6) is -1.35. The fourth-order valence-corrected chi connectivity index (χ4v) is 3.00. The lowest BCUT2D eigenvalue weighted by atomic mass is 9.81. The minimum atomic E-state index is -0.773. The van der Waals surface area contributed by atoms with Crippen LogP contribution in [0.5, 0.6) is 0 Å². The zero-order valence-electron chi connectivity index (χ0n) is 10.7. The van der Waals surface area contributed by atoms with Crippen LogP contribution in [-0.4, -0.2) is 17.0 Å². The molecule has 108 valence electrons. The van der Waals surface area contributed by atoms with Crippen LogP contribution in [0, 0.1) is 11.8 Å². The first-order valence-electron chi connectivity index (χ1n) is 6.45. The molecule has 4 nitrogen and oxygen atoms in total. The van der Waals surface area contributed by atoms with Crippen molar-refractivity contribution in [3.8, 4) is 0 Å². The van der Waals surface area contributed by atoms with Gasteiger partial charge in [-0.25, -0.2) is 0 Å². The van der Waals surface area contributed by atoms with E-state index in [1.807, 2.05) is 0 Å². The van der Waals surface area contributed by atoms with Crippen LogP contribution in [0.3, 0.4) is 0 Å². The largest absolute Gasteiger partial charge is 0.481 e. The predicted octanol–water partition coefficient (Wildman–Crippen LogP) is 3.82. The van der Waals surface area contributed by atoms with Gasteiger partial charge in [0, 0.05) is 21.7 Å². The van der Waals surface area contributed by atoms with E-state index in [2.05, 4.69) is 5.32 Å². The summed E-state index contributed by atoms with van der Waals surface area (Å²) >= 11 is 11.7. The van der Waals surface area contributed by atoms with E-state index in [0.29, 0.717) is 41.4 Å². The van der Waals surface area contributed by atoms with Gasteiger partial charge in [-0.1, -0.05) is 23.2 Å². The van der Waals surface area contributed by atoms with Crippen LogP contribution in [0.1, 0.15) is 25.7 Å². The number of halogens is 2. The third-order valence-electron chi connectivity index (χ3n) is 3.58. The van der Waals surface area contributed by atoms with E-state index in [9.17, 15) is 9.59 Å². The topological polar surface area (TPSA) is 66.4 Å². The fraction of sp³-hybridized carbons (Fsp3) is 0.429. The summed E-state index contributed by atoms with van der Waals surface area (Å²) in [6.45, 7) is 0. The molecule has 2 rings (SSSR count). The van der Waals surface area contributed by atoms with Crippen molar-refractivity contribution in [2.75, 3.05) is 5.32 Å². The highest BCUT2D eigenvalue weighted by Crippen LogP contribution is 2.30. The first-order chi connectivity index (χ1) is 9.45. The summed E-state index contributed by atoms with van der Waals surface area (Å²) in [6, 6.07) is 4.86. The molecule has 0 saturated heterocycles. The number of hydrogen-bond donors (Lipinski definition) is 2. The van der Waals surface area contributed by atoms with Crippen molar-refractivity contribution in [1.82, 2.24) is 0 Å². The van der Waals surface area contributed by atoms with Crippen LogP contribution in [0.15, 0.2) is 18.2 Å². The van der Waals surface area contributed by atoms with Gasteiger partial charge in [-0.2, -0.15) is 0 Å². The van der Waals surface area contributed by atoms with Crippen LogP contribution in [0.2, 0.25) is 10.0 Å². The number of rotatable bonds is 3. The number of benzene rings is 1. The van der Waals surface area contributed by atoms with Crippen molar-refractivity contribution >= 4 is 40.8 Å². The lowest BCUT2D eigenvalue weighted by molar-refractivity contribution is -0.143. The average Bonchev–Trinajstić information content (AvgIpc) is 2.37. The molecule has 1 aromatic carbocycles. The van der Waals surface area contributed by atoms with E-state index >= 15 is 0 Å². The predicted molar refractivity (Wildman–Crippen MR) is 78.2 cm³/mol. The molecule has 20 heavy (non-hydrogen) atoms. The van der Waals surface area contributed by atoms with Gasteiger partial charge in [-0.15, -0.1) is 0 Å². The molecule has 0 spiro atoms. The Hall–Kier alpha value is -1.26. The number of hydrogen-bond acceptors (Lipinski definition) is 2. The molecule has 1 amide bonds. The maximum Gasteiger partial charge on any atom is 0.306 e. The molecule has 0 heterocycles. The highest BCUT2D eigenvalue weighted by Gasteiger charge is 2.29. The molecule has 2 N–H and O–H groups in total. The van der Waals surface area contributed by atoms with Gasteiger partial charge in [0.15, 0.2) is 0 Å². The summed E-state index contributed by atoms with van der Waals surface area (Å²) in [4.78, 5) is 23.0. The Balaban J connectivity index is 1.94. The SMILES string of the molecule is O=C(O)C1CCC(C(=O)Nc2cc(Cl)cc(Cl)c2)CC1. The van der Waals surface area contributed by atoms with E-state index in [1.165, 1.54) is 0 Å². The summed E-state index contributed by atoms with van der Waals surface area (Å²) in [7, 11) is 0. The number of anilines is 1. The van der Waals surface area contributed by atoms with Gasteiger partial charge in [0.2, 0.25) is 5.91 Å². The summed E-state index contributed by atoms with van der Waals surface area (Å²) in [5.41, 5.74) is 0.563. The molecule has 0 aromatic heterocycles. The van der Waals surface area contributed by atoms with Gasteiger partial charge in [0.25, 0.3) is 0 Å². The minimum Gasteiger partial charge on any atom is -0.481 e. The molecule has 1 aliphatic rings. The van der Waals surface area contributed by atoms with Crippen LogP contribution in [0.25, 0.3) is 0 Å². The Bertz CT molecular complexity index is 505. The molecule has 0 radical (unpaired) electrons. The van der Waals surface area contributed by atoms with Crippen molar-refractivity contribution < 1.29 is 14.7 Å². The Morgan fingerprint density at radius 1 is 1.00 bits per heavy atom. The smallest absolute Gasteiger partial charge is 0.306 e. The monoisotopic (exact) mass is 315 g/mol. The molecular weight excluding hydrogens is 301 g/mol. The second-order valence-electron chi connectivity index (χ2n) is 5.03. The number of nitrogens with one attached hydrogen (secondary N) is 1. The van der Waals surface area contributed by atoms with Gasteiger partial charge in [-0.05, 0) is 43.9 Å². The Kier molecular flexibility index (Phi) is 4.89. The summed E-state index contributed by atoms with van der Waals surface area (Å²) in [6.07, 6.45) is 2.28. The van der Waals surface area contributed by atoms with Crippen molar-refractivity contribution in [3.05, 3.63) is 28.2 Å². The van der Waals surface area contributed by atoms with Crippen molar-refractivity contribution in [2.24, 2.45) is 11.8 Å². The highest BCUT2D eigenvalue weighted by atomic mass is 35.5. The zero-order valence-corrected chi connectivity index (χ0v) is 12.2. The van der Waals surface area contributed by atoms with Gasteiger partial charge in [0.05, 0.1) is 5.92 Å².